The second kappa shape index (κ2) is 7.90. The molecule has 2 aromatic heterocycles. The largest absolute Gasteiger partial charge is 0.481 e. The van der Waals surface area contributed by atoms with Crippen LogP contribution >= 0.6 is 0 Å². The number of benzene rings is 1. The van der Waals surface area contributed by atoms with Crippen molar-refractivity contribution in [1.82, 2.24) is 10.4 Å². The lowest BCUT2D eigenvalue weighted by Crippen LogP contribution is -2.24. The van der Waals surface area contributed by atoms with Gasteiger partial charge in [0.15, 0.2) is 12.5 Å². The number of aromatic nitrogens is 1. The highest BCUT2D eigenvalue weighted by atomic mass is 16.5. The number of nitrogens with zero attached hydrogens (tertiary/aromatic N) is 3. The lowest BCUT2D eigenvalue weighted by Gasteiger charge is -2.12. The third-order valence-electron chi connectivity index (χ3n) is 4.37. The summed E-state index contributed by atoms with van der Waals surface area (Å²) in [4.78, 5) is 18.4. The Morgan fingerprint density at radius 1 is 1.22 bits per heavy atom. The Kier molecular flexibility index (Phi) is 5.00. The van der Waals surface area contributed by atoms with E-state index in [-0.39, 0.29) is 12.5 Å². The average Bonchev–Trinajstić information content (AvgIpc) is 3.38. The molecular formula is C20H20N4O3. The highest BCUT2D eigenvalue weighted by Gasteiger charge is 2.15. The smallest absolute Gasteiger partial charge is 0.277 e. The number of anilines is 1. The number of hydrogen-bond acceptors (Lipinski definition) is 6. The van der Waals surface area contributed by atoms with Gasteiger partial charge in [-0.25, -0.2) is 5.43 Å². The Morgan fingerprint density at radius 3 is 2.96 bits per heavy atom. The highest BCUT2D eigenvalue weighted by Crippen LogP contribution is 2.23. The number of nitrogens with one attached hydrogen (secondary N) is 1. The van der Waals surface area contributed by atoms with E-state index >= 15 is 0 Å². The van der Waals surface area contributed by atoms with E-state index in [0.29, 0.717) is 11.5 Å². The molecule has 138 valence electrons. The Morgan fingerprint density at radius 2 is 2.07 bits per heavy atom. The van der Waals surface area contributed by atoms with E-state index in [2.05, 4.69) is 20.4 Å². The summed E-state index contributed by atoms with van der Waals surface area (Å²) in [6.45, 7) is 1.88. The van der Waals surface area contributed by atoms with Crippen LogP contribution < -0.4 is 15.1 Å². The number of hydrogen-bond donors (Lipinski definition) is 1. The highest BCUT2D eigenvalue weighted by molar-refractivity contribution is 5.85. The number of carbonyl (C=O) groups is 1. The minimum atomic E-state index is -0.356. The van der Waals surface area contributed by atoms with Gasteiger partial charge in [0, 0.05) is 30.7 Å². The van der Waals surface area contributed by atoms with Gasteiger partial charge in [-0.1, -0.05) is 18.2 Å². The summed E-state index contributed by atoms with van der Waals surface area (Å²) in [5, 5.41) is 4.88. The molecule has 0 radical (unpaired) electrons. The first kappa shape index (κ1) is 17.1. The van der Waals surface area contributed by atoms with Gasteiger partial charge in [-0.15, -0.1) is 0 Å². The molecule has 1 aromatic carbocycles. The molecule has 1 saturated heterocycles. The van der Waals surface area contributed by atoms with Gasteiger partial charge >= 0.3 is 0 Å². The zero-order valence-corrected chi connectivity index (χ0v) is 14.8. The van der Waals surface area contributed by atoms with E-state index in [1.165, 1.54) is 19.1 Å². The fourth-order valence-corrected chi connectivity index (χ4v) is 3.06. The summed E-state index contributed by atoms with van der Waals surface area (Å²) in [5.41, 5.74) is 3.16. The number of hydrazone groups is 1. The van der Waals surface area contributed by atoms with Crippen molar-refractivity contribution in [3.63, 3.8) is 0 Å². The van der Waals surface area contributed by atoms with Gasteiger partial charge in [-0.2, -0.15) is 5.10 Å². The van der Waals surface area contributed by atoms with Crippen molar-refractivity contribution in [2.24, 2.45) is 5.10 Å². The second-order valence-electron chi connectivity index (χ2n) is 6.28. The summed E-state index contributed by atoms with van der Waals surface area (Å²) < 4.78 is 11.3. The molecule has 0 unspecified atom stereocenters. The average molecular weight is 364 g/mol. The summed E-state index contributed by atoms with van der Waals surface area (Å²) in [6.07, 6.45) is 5.55. The predicted molar refractivity (Wildman–Crippen MR) is 103 cm³/mol. The third kappa shape index (κ3) is 4.08. The van der Waals surface area contributed by atoms with Crippen molar-refractivity contribution in [2.75, 3.05) is 24.6 Å². The Bertz CT molecular complexity index is 955. The molecule has 0 aliphatic carbocycles. The van der Waals surface area contributed by atoms with Gasteiger partial charge in [0.1, 0.15) is 17.0 Å². The van der Waals surface area contributed by atoms with Crippen molar-refractivity contribution in [2.45, 2.75) is 12.8 Å². The molecule has 7 nitrogen and oxygen atoms in total. The van der Waals surface area contributed by atoms with Crippen LogP contribution in [0.4, 0.5) is 5.88 Å². The van der Waals surface area contributed by atoms with E-state index in [4.69, 9.17) is 9.15 Å². The standard InChI is InChI=1S/C20H20N4O3/c25-18(14-26-17-7-3-5-15-6-4-10-21-20(15)17)23-22-13-16-8-9-19(27-16)24-11-1-2-12-24/h3-10,13H,1-2,11-12,14H2,(H,23,25)/b22-13-. The van der Waals surface area contributed by atoms with Gasteiger partial charge in [0.05, 0.1) is 6.21 Å². The number of fused-ring (bicyclic) bond motifs is 1. The quantitative estimate of drug-likeness (QED) is 0.537. The van der Waals surface area contributed by atoms with Crippen LogP contribution in [0.3, 0.4) is 0 Å². The van der Waals surface area contributed by atoms with Crippen LogP contribution in [0, 0.1) is 0 Å². The second-order valence-corrected chi connectivity index (χ2v) is 6.28. The number of amides is 1. The molecule has 1 aliphatic rings. The van der Waals surface area contributed by atoms with Crippen molar-refractivity contribution >= 4 is 28.9 Å². The van der Waals surface area contributed by atoms with E-state index in [1.54, 1.807) is 12.3 Å². The molecule has 1 amide bonds. The maximum Gasteiger partial charge on any atom is 0.277 e. The SMILES string of the molecule is O=C(COc1cccc2cccnc12)N/N=C\c1ccc(N2CCCC2)o1. The number of furan rings is 1. The summed E-state index contributed by atoms with van der Waals surface area (Å²) in [7, 11) is 0. The minimum absolute atomic E-state index is 0.149. The Hall–Kier alpha value is -3.35. The summed E-state index contributed by atoms with van der Waals surface area (Å²) in [6, 6.07) is 13.2. The first-order valence-corrected chi connectivity index (χ1v) is 8.93. The van der Waals surface area contributed by atoms with Crippen LogP contribution in [0.2, 0.25) is 0 Å². The molecule has 7 heteroatoms. The zero-order chi connectivity index (χ0) is 18.5. The molecule has 3 aromatic rings. The maximum atomic E-state index is 11.9. The fourth-order valence-electron chi connectivity index (χ4n) is 3.06. The molecule has 1 fully saturated rings. The van der Waals surface area contributed by atoms with Gasteiger partial charge in [-0.3, -0.25) is 9.78 Å². The molecule has 1 aliphatic heterocycles. The maximum absolute atomic E-state index is 11.9. The first-order valence-electron chi connectivity index (χ1n) is 8.93. The molecule has 4 rings (SSSR count). The van der Waals surface area contributed by atoms with E-state index < -0.39 is 0 Å². The number of pyridine rings is 1. The van der Waals surface area contributed by atoms with Crippen molar-refractivity contribution < 1.29 is 13.9 Å². The molecule has 3 heterocycles. The first-order chi connectivity index (χ1) is 13.3. The molecule has 1 N–H and O–H groups in total. The van der Waals surface area contributed by atoms with Crippen LogP contribution in [0.5, 0.6) is 5.75 Å². The Balaban J connectivity index is 1.30. The lowest BCUT2D eigenvalue weighted by molar-refractivity contribution is -0.123. The summed E-state index contributed by atoms with van der Waals surface area (Å²) >= 11 is 0. The zero-order valence-electron chi connectivity index (χ0n) is 14.8. The van der Waals surface area contributed by atoms with Crippen LogP contribution in [-0.2, 0) is 4.79 Å². The normalized spacial score (nSPS) is 14.1. The summed E-state index contributed by atoms with van der Waals surface area (Å²) in [5.74, 6) is 1.64. The molecular weight excluding hydrogens is 344 g/mol. The number of ether oxygens (including phenoxy) is 1. The number of rotatable bonds is 6. The number of para-hydroxylation sites is 1. The van der Waals surface area contributed by atoms with E-state index in [9.17, 15) is 4.79 Å². The van der Waals surface area contributed by atoms with E-state index in [1.807, 2.05) is 36.4 Å². The number of carbonyl (C=O) groups excluding carboxylic acids is 1. The molecule has 27 heavy (non-hydrogen) atoms. The van der Waals surface area contributed by atoms with Gasteiger partial charge in [-0.05, 0) is 31.0 Å². The molecule has 0 spiro atoms. The van der Waals surface area contributed by atoms with Crippen LogP contribution in [0.15, 0.2) is 58.2 Å². The molecule has 0 bridgehead atoms. The van der Waals surface area contributed by atoms with Crippen molar-refractivity contribution in [3.05, 3.63) is 54.4 Å². The topological polar surface area (TPSA) is 80.0 Å². The van der Waals surface area contributed by atoms with Gasteiger partial charge in [0.2, 0.25) is 0 Å². The van der Waals surface area contributed by atoms with Gasteiger partial charge in [0.25, 0.3) is 5.91 Å². The van der Waals surface area contributed by atoms with E-state index in [0.717, 1.165) is 29.9 Å². The molecule has 0 saturated carbocycles. The van der Waals surface area contributed by atoms with Crippen molar-refractivity contribution in [3.8, 4) is 5.75 Å². The third-order valence-corrected chi connectivity index (χ3v) is 4.37. The fraction of sp³-hybridized carbons (Fsp3) is 0.250. The van der Waals surface area contributed by atoms with Crippen LogP contribution in [-0.4, -0.2) is 36.8 Å². The monoisotopic (exact) mass is 364 g/mol. The van der Waals surface area contributed by atoms with Crippen LogP contribution in [0.25, 0.3) is 10.9 Å². The van der Waals surface area contributed by atoms with Crippen molar-refractivity contribution in [1.29, 1.82) is 0 Å². The van der Waals surface area contributed by atoms with Crippen LogP contribution in [0.1, 0.15) is 18.6 Å². The van der Waals surface area contributed by atoms with Gasteiger partial charge < -0.3 is 14.1 Å². The minimum Gasteiger partial charge on any atom is -0.481 e. The molecule has 0 atom stereocenters. The predicted octanol–water partition coefficient (Wildman–Crippen LogP) is 2.96. The Labute approximate surface area is 156 Å². The lowest BCUT2D eigenvalue weighted by atomic mass is 10.2.